The molecule has 0 aliphatic carbocycles. The van der Waals surface area contributed by atoms with Crippen LogP contribution in [0.3, 0.4) is 0 Å². The molecule has 0 fully saturated rings. The molecular formula is C23H18N4O2. The van der Waals surface area contributed by atoms with Gasteiger partial charge in [0, 0.05) is 24.6 Å². The van der Waals surface area contributed by atoms with Crippen LogP contribution in [0.25, 0.3) is 0 Å². The number of aryl methyl sites for hydroxylation is 1. The van der Waals surface area contributed by atoms with E-state index in [1.165, 1.54) is 18.5 Å². The van der Waals surface area contributed by atoms with E-state index in [0.717, 1.165) is 24.1 Å². The Morgan fingerprint density at radius 2 is 1.79 bits per heavy atom. The van der Waals surface area contributed by atoms with Crippen LogP contribution >= 0.6 is 0 Å². The molecule has 6 heteroatoms. The fourth-order valence-corrected chi connectivity index (χ4v) is 3.47. The Labute approximate surface area is 168 Å². The van der Waals surface area contributed by atoms with Crippen LogP contribution in [-0.4, -0.2) is 23.3 Å². The first-order chi connectivity index (χ1) is 14.2. The zero-order valence-electron chi connectivity index (χ0n) is 15.6. The van der Waals surface area contributed by atoms with E-state index in [0.29, 0.717) is 23.4 Å². The molecule has 6 nitrogen and oxygen atoms in total. The number of nitrogens with one attached hydrogen (secondary N) is 1. The maximum Gasteiger partial charge on any atom is 0.259 e. The van der Waals surface area contributed by atoms with E-state index in [-0.39, 0.29) is 11.5 Å². The van der Waals surface area contributed by atoms with Crippen LogP contribution in [0, 0.1) is 11.3 Å². The van der Waals surface area contributed by atoms with Crippen molar-refractivity contribution in [3.05, 3.63) is 89.2 Å². The third kappa shape index (κ3) is 3.71. The van der Waals surface area contributed by atoms with Crippen LogP contribution in [0.1, 0.15) is 38.3 Å². The predicted molar refractivity (Wildman–Crippen MR) is 110 cm³/mol. The normalized spacial score (nSPS) is 12.6. The lowest BCUT2D eigenvalue weighted by Crippen LogP contribution is -2.35. The number of hydrogen-bond donors (Lipinski definition) is 1. The van der Waals surface area contributed by atoms with Crippen molar-refractivity contribution < 1.29 is 9.59 Å². The number of anilines is 2. The van der Waals surface area contributed by atoms with Gasteiger partial charge in [0.15, 0.2) is 0 Å². The number of carbonyl (C=O) groups excluding carboxylic acids is 2. The summed E-state index contributed by atoms with van der Waals surface area (Å²) in [6.07, 6.45) is 4.71. The van der Waals surface area contributed by atoms with Gasteiger partial charge >= 0.3 is 0 Å². The number of fused-ring (bicyclic) bond motifs is 1. The molecule has 2 heterocycles. The van der Waals surface area contributed by atoms with Crippen LogP contribution in [0.5, 0.6) is 0 Å². The van der Waals surface area contributed by atoms with Gasteiger partial charge in [-0.25, -0.2) is 0 Å². The molecule has 142 valence electrons. The number of amides is 2. The molecule has 0 spiro atoms. The maximum absolute atomic E-state index is 13.1. The number of pyridine rings is 1. The summed E-state index contributed by atoms with van der Waals surface area (Å²) in [7, 11) is 0. The molecule has 1 aromatic heterocycles. The monoisotopic (exact) mass is 382 g/mol. The summed E-state index contributed by atoms with van der Waals surface area (Å²) in [6.45, 7) is 0.627. The standard InChI is InChI=1S/C23H18N4O2/c24-13-17-7-1-3-9-20(17)26-22(28)18-12-19(15-25-14-18)23(29)27-11-5-8-16-6-2-4-10-21(16)27/h1-4,6-7,9-10,12,14-15H,5,8,11H2,(H,26,28). The number of nitrogens with zero attached hydrogens (tertiary/aromatic N) is 3. The van der Waals surface area contributed by atoms with Crippen LogP contribution in [0.2, 0.25) is 0 Å². The second-order valence-electron chi connectivity index (χ2n) is 6.76. The highest BCUT2D eigenvalue weighted by Crippen LogP contribution is 2.28. The van der Waals surface area contributed by atoms with Crippen LogP contribution in [-0.2, 0) is 6.42 Å². The van der Waals surface area contributed by atoms with Crippen molar-refractivity contribution in [1.29, 1.82) is 5.26 Å². The summed E-state index contributed by atoms with van der Waals surface area (Å²) in [4.78, 5) is 31.6. The molecule has 0 radical (unpaired) electrons. The highest BCUT2D eigenvalue weighted by atomic mass is 16.2. The zero-order valence-corrected chi connectivity index (χ0v) is 15.6. The molecule has 1 aliphatic rings. The van der Waals surface area contributed by atoms with Crippen molar-refractivity contribution in [1.82, 2.24) is 4.98 Å². The number of nitriles is 1. The van der Waals surface area contributed by atoms with Crippen LogP contribution in [0.4, 0.5) is 11.4 Å². The van der Waals surface area contributed by atoms with E-state index < -0.39 is 5.91 Å². The average Bonchev–Trinajstić information content (AvgIpc) is 2.78. The van der Waals surface area contributed by atoms with Crippen LogP contribution < -0.4 is 10.2 Å². The van der Waals surface area contributed by atoms with Gasteiger partial charge in [-0.1, -0.05) is 30.3 Å². The van der Waals surface area contributed by atoms with Gasteiger partial charge in [0.2, 0.25) is 0 Å². The molecule has 2 amide bonds. The smallest absolute Gasteiger partial charge is 0.259 e. The summed E-state index contributed by atoms with van der Waals surface area (Å²) in [5.41, 5.74) is 3.44. The van der Waals surface area contributed by atoms with Crippen molar-refractivity contribution in [2.45, 2.75) is 12.8 Å². The third-order valence-electron chi connectivity index (χ3n) is 4.90. The molecule has 29 heavy (non-hydrogen) atoms. The third-order valence-corrected chi connectivity index (χ3v) is 4.90. The van der Waals surface area contributed by atoms with E-state index in [9.17, 15) is 14.9 Å². The van der Waals surface area contributed by atoms with Crippen molar-refractivity contribution in [2.24, 2.45) is 0 Å². The second kappa shape index (κ2) is 7.95. The Kier molecular flexibility index (Phi) is 5.04. The molecule has 1 N–H and O–H groups in total. The van der Waals surface area contributed by atoms with Crippen LogP contribution in [0.15, 0.2) is 67.0 Å². The lowest BCUT2D eigenvalue weighted by Gasteiger charge is -2.29. The summed E-state index contributed by atoms with van der Waals surface area (Å²) < 4.78 is 0. The molecule has 0 saturated carbocycles. The topological polar surface area (TPSA) is 86.1 Å². The zero-order chi connectivity index (χ0) is 20.2. The Morgan fingerprint density at radius 3 is 2.66 bits per heavy atom. The van der Waals surface area contributed by atoms with Gasteiger partial charge in [-0.3, -0.25) is 14.6 Å². The van der Waals surface area contributed by atoms with E-state index in [4.69, 9.17) is 0 Å². The highest BCUT2D eigenvalue weighted by Gasteiger charge is 2.24. The lowest BCUT2D eigenvalue weighted by atomic mass is 10.0. The Hall–Kier alpha value is -3.98. The minimum absolute atomic E-state index is 0.184. The fraction of sp³-hybridized carbons (Fsp3) is 0.130. The molecule has 0 bridgehead atoms. The van der Waals surface area contributed by atoms with Crippen molar-refractivity contribution in [2.75, 3.05) is 16.8 Å². The van der Waals surface area contributed by atoms with E-state index in [2.05, 4.69) is 10.3 Å². The molecule has 0 unspecified atom stereocenters. The Balaban J connectivity index is 1.59. The fourth-order valence-electron chi connectivity index (χ4n) is 3.47. The van der Waals surface area contributed by atoms with Gasteiger partial charge in [0.05, 0.1) is 22.4 Å². The molecule has 3 aromatic rings. The van der Waals surface area contributed by atoms with Gasteiger partial charge in [0.25, 0.3) is 11.8 Å². The quantitative estimate of drug-likeness (QED) is 0.746. The average molecular weight is 382 g/mol. The summed E-state index contributed by atoms with van der Waals surface area (Å²) in [5, 5.41) is 11.9. The molecular weight excluding hydrogens is 364 g/mol. The number of hydrogen-bond acceptors (Lipinski definition) is 4. The molecule has 2 aromatic carbocycles. The molecule has 4 rings (SSSR count). The van der Waals surface area contributed by atoms with E-state index in [1.807, 2.05) is 30.3 Å². The van der Waals surface area contributed by atoms with Gasteiger partial charge in [-0.05, 0) is 42.7 Å². The van der Waals surface area contributed by atoms with Crippen molar-refractivity contribution in [3.63, 3.8) is 0 Å². The van der Waals surface area contributed by atoms with Gasteiger partial charge in [-0.15, -0.1) is 0 Å². The van der Waals surface area contributed by atoms with E-state index >= 15 is 0 Å². The highest BCUT2D eigenvalue weighted by molar-refractivity contribution is 6.09. The van der Waals surface area contributed by atoms with E-state index in [1.54, 1.807) is 29.2 Å². The first kappa shape index (κ1) is 18.4. The van der Waals surface area contributed by atoms with Gasteiger partial charge in [0.1, 0.15) is 6.07 Å². The minimum atomic E-state index is -0.422. The second-order valence-corrected chi connectivity index (χ2v) is 6.76. The minimum Gasteiger partial charge on any atom is -0.321 e. The molecule has 0 saturated heterocycles. The largest absolute Gasteiger partial charge is 0.321 e. The SMILES string of the molecule is N#Cc1ccccc1NC(=O)c1cncc(C(=O)N2CCCc3ccccc32)c1. The lowest BCUT2D eigenvalue weighted by molar-refractivity contribution is 0.0984. The maximum atomic E-state index is 13.1. The number of rotatable bonds is 3. The molecule has 0 atom stereocenters. The number of para-hydroxylation sites is 2. The van der Waals surface area contributed by atoms with Crippen molar-refractivity contribution >= 4 is 23.2 Å². The number of benzene rings is 2. The Bertz CT molecular complexity index is 1130. The Morgan fingerprint density at radius 1 is 1.03 bits per heavy atom. The van der Waals surface area contributed by atoms with Gasteiger partial charge in [-0.2, -0.15) is 5.26 Å². The number of aromatic nitrogens is 1. The first-order valence-electron chi connectivity index (χ1n) is 9.32. The first-order valence-corrected chi connectivity index (χ1v) is 9.32. The summed E-state index contributed by atoms with van der Waals surface area (Å²) in [6, 6.07) is 18.2. The van der Waals surface area contributed by atoms with Gasteiger partial charge < -0.3 is 10.2 Å². The predicted octanol–water partition coefficient (Wildman–Crippen LogP) is 3.80. The summed E-state index contributed by atoms with van der Waals surface area (Å²) in [5.74, 6) is -0.606. The van der Waals surface area contributed by atoms with Crippen molar-refractivity contribution in [3.8, 4) is 6.07 Å². The summed E-state index contributed by atoms with van der Waals surface area (Å²) >= 11 is 0. The molecule has 1 aliphatic heterocycles. The number of carbonyl (C=O) groups is 2.